The average molecular weight is 398 g/mol. The molecule has 1 unspecified atom stereocenters. The fourth-order valence-corrected chi connectivity index (χ4v) is 3.08. The topological polar surface area (TPSA) is 100 Å². The summed E-state index contributed by atoms with van der Waals surface area (Å²) >= 11 is 0. The molecule has 0 saturated heterocycles. The Morgan fingerprint density at radius 2 is 1.90 bits per heavy atom. The second-order valence-corrected chi connectivity index (χ2v) is 6.57. The van der Waals surface area contributed by atoms with Gasteiger partial charge in [-0.25, -0.2) is 0 Å². The minimum Gasteiger partial charge on any atom is -0.486 e. The molecule has 29 heavy (non-hydrogen) atoms. The number of carbonyl (C=O) groups excluding carboxylic acids is 1. The van der Waals surface area contributed by atoms with E-state index in [9.17, 15) is 14.9 Å². The maximum absolute atomic E-state index is 12.5. The predicted octanol–water partition coefficient (Wildman–Crippen LogP) is 2.64. The van der Waals surface area contributed by atoms with Crippen molar-refractivity contribution >= 4 is 17.7 Å². The van der Waals surface area contributed by atoms with Gasteiger partial charge in [0, 0.05) is 13.1 Å². The van der Waals surface area contributed by atoms with Crippen molar-refractivity contribution in [2.75, 3.05) is 27.0 Å². The van der Waals surface area contributed by atoms with E-state index < -0.39 is 4.92 Å². The van der Waals surface area contributed by atoms with E-state index in [1.54, 1.807) is 7.05 Å². The van der Waals surface area contributed by atoms with E-state index in [1.165, 1.54) is 29.2 Å². The Morgan fingerprint density at radius 3 is 2.66 bits per heavy atom. The van der Waals surface area contributed by atoms with Gasteiger partial charge in [-0.2, -0.15) is 0 Å². The number of carbonyl (C=O) groups is 1. The minimum atomic E-state index is -0.527. The van der Waals surface area contributed by atoms with Crippen molar-refractivity contribution in [2.24, 2.45) is 0 Å². The summed E-state index contributed by atoms with van der Waals surface area (Å²) in [7, 11) is 1.63. The Hall–Kier alpha value is -3.75. The lowest BCUT2D eigenvalue weighted by atomic mass is 10.1. The van der Waals surface area contributed by atoms with Crippen LogP contribution in [0.2, 0.25) is 0 Å². The van der Waals surface area contributed by atoms with E-state index in [1.807, 2.05) is 24.3 Å². The van der Waals surface area contributed by atoms with E-state index >= 15 is 0 Å². The number of fused-ring (bicyclic) bond motifs is 2. The standard InChI is InChI=1S/C20H18N2O7/c1-21(10-14-11-26-16-4-2-3-5-17(16)29-14)20(23)7-6-13-8-18-19(28-12-27-18)9-15(13)22(24)25/h2-9,14H,10-12H2,1H3/b7-6+. The smallest absolute Gasteiger partial charge is 0.280 e. The normalized spacial score (nSPS) is 16.7. The molecule has 0 fully saturated rings. The summed E-state index contributed by atoms with van der Waals surface area (Å²) < 4.78 is 21.9. The number of para-hydroxylation sites is 2. The summed E-state index contributed by atoms with van der Waals surface area (Å²) in [6.45, 7) is 0.640. The first-order valence-electron chi connectivity index (χ1n) is 8.91. The molecule has 1 amide bonds. The lowest BCUT2D eigenvalue weighted by molar-refractivity contribution is -0.385. The van der Waals surface area contributed by atoms with Crippen molar-refractivity contribution in [2.45, 2.75) is 6.10 Å². The maximum Gasteiger partial charge on any atom is 0.280 e. The molecule has 0 radical (unpaired) electrons. The van der Waals surface area contributed by atoms with Gasteiger partial charge in [0.05, 0.1) is 23.1 Å². The monoisotopic (exact) mass is 398 g/mol. The molecule has 2 heterocycles. The Kier molecular flexibility index (Phi) is 4.94. The average Bonchev–Trinajstić information content (AvgIpc) is 3.18. The van der Waals surface area contributed by atoms with E-state index in [-0.39, 0.29) is 30.1 Å². The molecule has 2 aliphatic heterocycles. The SMILES string of the molecule is CN(CC1COc2ccccc2O1)C(=O)/C=C/c1cc2c(cc1[N+](=O)[O-])OCO2. The summed E-state index contributed by atoms with van der Waals surface area (Å²) in [5, 5.41) is 11.3. The first-order chi connectivity index (χ1) is 14.0. The molecule has 150 valence electrons. The third kappa shape index (κ3) is 3.93. The third-order valence-electron chi connectivity index (χ3n) is 4.55. The molecule has 2 aromatic carbocycles. The molecular weight excluding hydrogens is 380 g/mol. The molecule has 0 aromatic heterocycles. The predicted molar refractivity (Wildman–Crippen MR) is 102 cm³/mol. The molecule has 2 aromatic rings. The van der Waals surface area contributed by atoms with E-state index in [4.69, 9.17) is 18.9 Å². The van der Waals surface area contributed by atoms with Gasteiger partial charge in [0.15, 0.2) is 29.1 Å². The minimum absolute atomic E-state index is 0.00785. The van der Waals surface area contributed by atoms with Crippen LogP contribution >= 0.6 is 0 Å². The number of nitrogens with zero attached hydrogens (tertiary/aromatic N) is 2. The molecule has 4 rings (SSSR count). The molecule has 1 atom stereocenters. The fourth-order valence-electron chi connectivity index (χ4n) is 3.08. The molecule has 9 nitrogen and oxygen atoms in total. The fraction of sp³-hybridized carbons (Fsp3) is 0.250. The highest BCUT2D eigenvalue weighted by atomic mass is 16.7. The van der Waals surface area contributed by atoms with Gasteiger partial charge in [0.2, 0.25) is 12.7 Å². The van der Waals surface area contributed by atoms with Gasteiger partial charge < -0.3 is 23.8 Å². The molecule has 9 heteroatoms. The molecule has 0 N–H and O–H groups in total. The highest BCUT2D eigenvalue weighted by molar-refractivity contribution is 5.92. The number of nitro groups is 1. The first-order valence-corrected chi connectivity index (χ1v) is 8.91. The number of hydrogen-bond acceptors (Lipinski definition) is 7. The van der Waals surface area contributed by atoms with Gasteiger partial charge >= 0.3 is 0 Å². The first kappa shape index (κ1) is 18.6. The summed E-state index contributed by atoms with van der Waals surface area (Å²) in [4.78, 5) is 24.7. The van der Waals surface area contributed by atoms with Crippen LogP contribution in [0.3, 0.4) is 0 Å². The van der Waals surface area contributed by atoms with Crippen LogP contribution < -0.4 is 18.9 Å². The maximum atomic E-state index is 12.5. The summed E-state index contributed by atoms with van der Waals surface area (Å²) in [6.07, 6.45) is 2.36. The van der Waals surface area contributed by atoms with Gasteiger partial charge in [-0.3, -0.25) is 14.9 Å². The van der Waals surface area contributed by atoms with Crippen LogP contribution in [0, 0.1) is 10.1 Å². The zero-order valence-electron chi connectivity index (χ0n) is 15.6. The highest BCUT2D eigenvalue weighted by Crippen LogP contribution is 2.38. The Balaban J connectivity index is 1.43. The highest BCUT2D eigenvalue weighted by Gasteiger charge is 2.24. The van der Waals surface area contributed by atoms with Crippen LogP contribution in [-0.4, -0.2) is 48.8 Å². The number of likely N-dealkylation sites (N-methyl/N-ethyl adjacent to an activating group) is 1. The van der Waals surface area contributed by atoms with E-state index in [0.29, 0.717) is 36.1 Å². The van der Waals surface area contributed by atoms with E-state index in [2.05, 4.69) is 0 Å². The zero-order chi connectivity index (χ0) is 20.4. The summed E-state index contributed by atoms with van der Waals surface area (Å²) in [6, 6.07) is 10.1. The lowest BCUT2D eigenvalue weighted by Gasteiger charge is -2.29. The largest absolute Gasteiger partial charge is 0.486 e. The number of benzene rings is 2. The lowest BCUT2D eigenvalue weighted by Crippen LogP contribution is -2.41. The van der Waals surface area contributed by atoms with Crippen molar-refractivity contribution in [1.82, 2.24) is 4.90 Å². The van der Waals surface area contributed by atoms with Crippen LogP contribution in [0.25, 0.3) is 6.08 Å². The quantitative estimate of drug-likeness (QED) is 0.434. The summed E-state index contributed by atoms with van der Waals surface area (Å²) in [5.74, 6) is 1.71. The number of rotatable bonds is 5. The molecule has 0 bridgehead atoms. The Bertz CT molecular complexity index is 989. The van der Waals surface area contributed by atoms with Gasteiger partial charge in [-0.15, -0.1) is 0 Å². The molecular formula is C20H18N2O7. The summed E-state index contributed by atoms with van der Waals surface area (Å²) in [5.41, 5.74) is 0.0914. The number of ether oxygens (including phenoxy) is 4. The van der Waals surface area contributed by atoms with Gasteiger partial charge in [-0.05, 0) is 24.3 Å². The second-order valence-electron chi connectivity index (χ2n) is 6.57. The Labute approximate surface area is 166 Å². The van der Waals surface area contributed by atoms with Crippen LogP contribution in [-0.2, 0) is 4.79 Å². The third-order valence-corrected chi connectivity index (χ3v) is 4.55. The van der Waals surface area contributed by atoms with Gasteiger partial charge in [0.1, 0.15) is 6.61 Å². The van der Waals surface area contributed by atoms with Crippen molar-refractivity contribution in [3.63, 3.8) is 0 Å². The van der Waals surface area contributed by atoms with Crippen molar-refractivity contribution in [3.8, 4) is 23.0 Å². The van der Waals surface area contributed by atoms with Crippen molar-refractivity contribution < 1.29 is 28.7 Å². The number of amides is 1. The van der Waals surface area contributed by atoms with Crippen LogP contribution in [0.1, 0.15) is 5.56 Å². The van der Waals surface area contributed by atoms with Crippen molar-refractivity contribution in [1.29, 1.82) is 0 Å². The number of hydrogen-bond donors (Lipinski definition) is 0. The second kappa shape index (κ2) is 7.70. The van der Waals surface area contributed by atoms with Crippen LogP contribution in [0.4, 0.5) is 5.69 Å². The van der Waals surface area contributed by atoms with Gasteiger partial charge in [-0.1, -0.05) is 12.1 Å². The molecule has 0 spiro atoms. The van der Waals surface area contributed by atoms with E-state index in [0.717, 1.165) is 0 Å². The zero-order valence-corrected chi connectivity index (χ0v) is 15.6. The van der Waals surface area contributed by atoms with Crippen LogP contribution in [0.5, 0.6) is 23.0 Å². The Morgan fingerprint density at radius 1 is 1.17 bits per heavy atom. The molecule has 2 aliphatic rings. The van der Waals surface area contributed by atoms with Crippen LogP contribution in [0.15, 0.2) is 42.5 Å². The van der Waals surface area contributed by atoms with Crippen molar-refractivity contribution in [3.05, 3.63) is 58.2 Å². The number of nitro benzene ring substituents is 1. The van der Waals surface area contributed by atoms with Gasteiger partial charge in [0.25, 0.3) is 5.69 Å². The molecule has 0 aliphatic carbocycles. The molecule has 0 saturated carbocycles.